The minimum Gasteiger partial charge on any atom is -0.354 e. The molecule has 0 bridgehead atoms. The summed E-state index contributed by atoms with van der Waals surface area (Å²) < 4.78 is 15.2. The van der Waals surface area contributed by atoms with Gasteiger partial charge in [-0.3, -0.25) is 0 Å². The van der Waals surface area contributed by atoms with Crippen LogP contribution in [0.3, 0.4) is 0 Å². The minimum absolute atomic E-state index is 0.253. The standard InChI is InChI=1S/C20H23FN6/c1-14(2)27-13-22-25-20(27)16-4-3-11-26(12-16)19-10-9-18(23-24-19)15-5-7-17(21)8-6-15/h5-10,13-14,16H,3-4,11-12H2,1-2H3. The fourth-order valence-electron chi connectivity index (χ4n) is 3.61. The molecular formula is C20H23FN6. The van der Waals surface area contributed by atoms with Crippen molar-refractivity contribution in [3.05, 3.63) is 54.4 Å². The topological polar surface area (TPSA) is 59.7 Å². The molecule has 0 N–H and O–H groups in total. The Balaban J connectivity index is 1.51. The average Bonchev–Trinajstić information content (AvgIpc) is 3.19. The van der Waals surface area contributed by atoms with Crippen molar-refractivity contribution in [3.8, 4) is 11.3 Å². The van der Waals surface area contributed by atoms with E-state index in [4.69, 9.17) is 0 Å². The lowest BCUT2D eigenvalue weighted by Gasteiger charge is -2.33. The van der Waals surface area contributed by atoms with Gasteiger partial charge in [-0.1, -0.05) is 0 Å². The molecule has 7 heteroatoms. The van der Waals surface area contributed by atoms with Crippen LogP contribution in [0.15, 0.2) is 42.7 Å². The maximum atomic E-state index is 13.1. The predicted molar refractivity (Wildman–Crippen MR) is 102 cm³/mol. The van der Waals surface area contributed by atoms with Gasteiger partial charge in [-0.15, -0.1) is 20.4 Å². The maximum absolute atomic E-state index is 13.1. The SMILES string of the molecule is CC(C)n1cnnc1C1CCCN(c2ccc(-c3ccc(F)cc3)nn2)C1. The van der Waals surface area contributed by atoms with Crippen LogP contribution in [-0.2, 0) is 0 Å². The van der Waals surface area contributed by atoms with Crippen LogP contribution in [0.5, 0.6) is 0 Å². The first-order chi connectivity index (χ1) is 13.1. The summed E-state index contributed by atoms with van der Waals surface area (Å²) in [5.74, 6) is 1.99. The van der Waals surface area contributed by atoms with E-state index >= 15 is 0 Å². The third kappa shape index (κ3) is 3.67. The van der Waals surface area contributed by atoms with Crippen molar-refractivity contribution < 1.29 is 4.39 Å². The van der Waals surface area contributed by atoms with Gasteiger partial charge in [-0.25, -0.2) is 4.39 Å². The molecule has 6 nitrogen and oxygen atoms in total. The highest BCUT2D eigenvalue weighted by Gasteiger charge is 2.26. The van der Waals surface area contributed by atoms with E-state index in [-0.39, 0.29) is 5.82 Å². The summed E-state index contributed by atoms with van der Waals surface area (Å²) in [4.78, 5) is 2.26. The molecule has 4 rings (SSSR count). The van der Waals surface area contributed by atoms with E-state index in [1.165, 1.54) is 12.1 Å². The number of piperidine rings is 1. The van der Waals surface area contributed by atoms with Crippen molar-refractivity contribution in [2.45, 2.75) is 38.6 Å². The van der Waals surface area contributed by atoms with Gasteiger partial charge in [-0.05, 0) is 63.1 Å². The lowest BCUT2D eigenvalue weighted by atomic mass is 9.97. The Morgan fingerprint density at radius 1 is 1.04 bits per heavy atom. The Morgan fingerprint density at radius 2 is 1.85 bits per heavy atom. The summed E-state index contributed by atoms with van der Waals surface area (Å²) in [6.07, 6.45) is 4.00. The number of hydrogen-bond donors (Lipinski definition) is 0. The molecule has 0 spiro atoms. The van der Waals surface area contributed by atoms with E-state index < -0.39 is 0 Å². The molecule has 0 radical (unpaired) electrons. The van der Waals surface area contributed by atoms with E-state index in [1.807, 2.05) is 18.5 Å². The van der Waals surface area contributed by atoms with Crippen LogP contribution in [0.2, 0.25) is 0 Å². The first-order valence-electron chi connectivity index (χ1n) is 9.36. The van der Waals surface area contributed by atoms with Crippen LogP contribution in [0, 0.1) is 5.82 Å². The molecule has 1 aliphatic heterocycles. The maximum Gasteiger partial charge on any atom is 0.151 e. The molecule has 2 aromatic heterocycles. The van der Waals surface area contributed by atoms with Gasteiger partial charge in [0.25, 0.3) is 0 Å². The molecule has 0 aliphatic carbocycles. The average molecular weight is 366 g/mol. The van der Waals surface area contributed by atoms with E-state index in [0.717, 1.165) is 48.8 Å². The Bertz CT molecular complexity index is 888. The first kappa shape index (κ1) is 17.6. The summed E-state index contributed by atoms with van der Waals surface area (Å²) in [5, 5.41) is 17.2. The van der Waals surface area contributed by atoms with Crippen molar-refractivity contribution in [1.29, 1.82) is 0 Å². The summed E-state index contributed by atoms with van der Waals surface area (Å²) in [6.45, 7) is 6.10. The van der Waals surface area contributed by atoms with Gasteiger partial charge in [0.2, 0.25) is 0 Å². The van der Waals surface area contributed by atoms with E-state index in [9.17, 15) is 4.39 Å². The van der Waals surface area contributed by atoms with Crippen molar-refractivity contribution in [2.24, 2.45) is 0 Å². The second-order valence-electron chi connectivity index (χ2n) is 7.26. The van der Waals surface area contributed by atoms with Crippen LogP contribution < -0.4 is 4.90 Å². The monoisotopic (exact) mass is 366 g/mol. The molecule has 1 saturated heterocycles. The van der Waals surface area contributed by atoms with Gasteiger partial charge in [0.15, 0.2) is 5.82 Å². The summed E-state index contributed by atoms with van der Waals surface area (Å²) >= 11 is 0. The number of anilines is 1. The molecule has 140 valence electrons. The zero-order valence-electron chi connectivity index (χ0n) is 15.6. The van der Waals surface area contributed by atoms with Crippen LogP contribution in [0.25, 0.3) is 11.3 Å². The predicted octanol–water partition coefficient (Wildman–Crippen LogP) is 3.84. The number of nitrogens with zero attached hydrogens (tertiary/aromatic N) is 6. The lowest BCUT2D eigenvalue weighted by Crippen LogP contribution is -2.36. The van der Waals surface area contributed by atoms with Crippen molar-refractivity contribution >= 4 is 5.82 Å². The third-order valence-corrected chi connectivity index (χ3v) is 5.06. The van der Waals surface area contributed by atoms with Crippen LogP contribution in [-0.4, -0.2) is 38.1 Å². The van der Waals surface area contributed by atoms with Crippen molar-refractivity contribution in [3.63, 3.8) is 0 Å². The zero-order valence-corrected chi connectivity index (χ0v) is 15.6. The molecule has 0 saturated carbocycles. The summed E-state index contributed by atoms with van der Waals surface area (Å²) in [7, 11) is 0. The van der Waals surface area contributed by atoms with Crippen molar-refractivity contribution in [2.75, 3.05) is 18.0 Å². The summed E-state index contributed by atoms with van der Waals surface area (Å²) in [5.41, 5.74) is 1.60. The molecule has 1 fully saturated rings. The molecule has 1 atom stereocenters. The first-order valence-corrected chi connectivity index (χ1v) is 9.36. The van der Waals surface area contributed by atoms with Gasteiger partial charge in [0.1, 0.15) is 18.0 Å². The quantitative estimate of drug-likeness (QED) is 0.702. The Kier molecular flexibility index (Phi) is 4.83. The van der Waals surface area contributed by atoms with Gasteiger partial charge in [-0.2, -0.15) is 0 Å². The van der Waals surface area contributed by atoms with Gasteiger partial charge < -0.3 is 9.47 Å². The molecule has 27 heavy (non-hydrogen) atoms. The Labute approximate surface area is 158 Å². The highest BCUT2D eigenvalue weighted by atomic mass is 19.1. The number of rotatable bonds is 4. The van der Waals surface area contributed by atoms with Crippen LogP contribution >= 0.6 is 0 Å². The van der Waals surface area contributed by atoms with E-state index in [1.54, 1.807) is 12.1 Å². The smallest absolute Gasteiger partial charge is 0.151 e. The normalized spacial score (nSPS) is 17.5. The summed E-state index contributed by atoms with van der Waals surface area (Å²) in [6, 6.07) is 10.6. The highest BCUT2D eigenvalue weighted by Crippen LogP contribution is 2.29. The molecule has 3 heterocycles. The minimum atomic E-state index is -0.253. The van der Waals surface area contributed by atoms with Gasteiger partial charge >= 0.3 is 0 Å². The molecule has 0 amide bonds. The zero-order chi connectivity index (χ0) is 18.8. The molecular weight excluding hydrogens is 343 g/mol. The third-order valence-electron chi connectivity index (χ3n) is 5.06. The number of aromatic nitrogens is 5. The van der Waals surface area contributed by atoms with E-state index in [2.05, 4.69) is 43.7 Å². The van der Waals surface area contributed by atoms with Crippen LogP contribution in [0.4, 0.5) is 10.2 Å². The fraction of sp³-hybridized carbons (Fsp3) is 0.400. The van der Waals surface area contributed by atoms with E-state index in [0.29, 0.717) is 12.0 Å². The molecule has 3 aromatic rings. The second kappa shape index (κ2) is 7.42. The molecule has 1 aliphatic rings. The number of halogens is 1. The van der Waals surface area contributed by atoms with Crippen LogP contribution in [0.1, 0.15) is 44.5 Å². The molecule has 1 aromatic carbocycles. The van der Waals surface area contributed by atoms with Gasteiger partial charge in [0, 0.05) is 30.6 Å². The van der Waals surface area contributed by atoms with Gasteiger partial charge in [0.05, 0.1) is 5.69 Å². The Hall–Kier alpha value is -2.83. The number of hydrogen-bond acceptors (Lipinski definition) is 5. The largest absolute Gasteiger partial charge is 0.354 e. The Morgan fingerprint density at radius 3 is 2.56 bits per heavy atom. The molecule has 1 unspecified atom stereocenters. The highest BCUT2D eigenvalue weighted by molar-refractivity contribution is 5.59. The fourth-order valence-corrected chi connectivity index (χ4v) is 3.61. The van der Waals surface area contributed by atoms with Crippen molar-refractivity contribution in [1.82, 2.24) is 25.0 Å². The number of benzene rings is 1. The lowest BCUT2D eigenvalue weighted by molar-refractivity contribution is 0.452. The second-order valence-corrected chi connectivity index (χ2v) is 7.26.